The van der Waals surface area contributed by atoms with Crippen LogP contribution in [0.25, 0.3) is 0 Å². The third-order valence-corrected chi connectivity index (χ3v) is 5.64. The Labute approximate surface area is 117 Å². The molecule has 3 fully saturated rings. The second kappa shape index (κ2) is 5.71. The van der Waals surface area contributed by atoms with E-state index in [0.717, 1.165) is 25.7 Å². The van der Waals surface area contributed by atoms with Crippen LogP contribution in [0.5, 0.6) is 0 Å². The molecule has 2 heterocycles. The van der Waals surface area contributed by atoms with Gasteiger partial charge in [-0.2, -0.15) is 0 Å². The quantitative estimate of drug-likeness (QED) is 0.849. The molecule has 3 nitrogen and oxygen atoms in total. The van der Waals surface area contributed by atoms with Gasteiger partial charge < -0.3 is 14.8 Å². The Morgan fingerprint density at radius 2 is 2.11 bits per heavy atom. The maximum Gasteiger partial charge on any atom is 0.0685 e. The van der Waals surface area contributed by atoms with Gasteiger partial charge in [-0.25, -0.2) is 0 Å². The number of ether oxygens (including phenoxy) is 2. The number of hydrogen-bond acceptors (Lipinski definition) is 3. The Kier molecular flexibility index (Phi) is 4.16. The molecule has 2 saturated heterocycles. The second-order valence-corrected chi connectivity index (χ2v) is 6.75. The first-order chi connectivity index (χ1) is 9.24. The molecule has 3 heteroatoms. The Morgan fingerprint density at radius 3 is 2.68 bits per heavy atom. The Hall–Kier alpha value is -0.120. The third kappa shape index (κ3) is 2.70. The largest absolute Gasteiger partial charge is 0.378 e. The van der Waals surface area contributed by atoms with E-state index in [-0.39, 0.29) is 5.60 Å². The number of rotatable bonds is 4. The van der Waals surface area contributed by atoms with Gasteiger partial charge in [-0.3, -0.25) is 0 Å². The fourth-order valence-corrected chi connectivity index (χ4v) is 4.41. The first-order valence-corrected chi connectivity index (χ1v) is 8.23. The average Bonchev–Trinajstić information content (AvgIpc) is 2.80. The molecule has 19 heavy (non-hydrogen) atoms. The van der Waals surface area contributed by atoms with Crippen LogP contribution in [0.1, 0.15) is 52.4 Å². The Balaban J connectivity index is 1.68. The molecule has 0 radical (unpaired) electrons. The summed E-state index contributed by atoms with van der Waals surface area (Å²) in [7, 11) is 0. The molecule has 1 aliphatic carbocycles. The summed E-state index contributed by atoms with van der Waals surface area (Å²) in [5, 5.41) is 3.78. The van der Waals surface area contributed by atoms with Gasteiger partial charge in [-0.15, -0.1) is 0 Å². The molecule has 1 spiro atoms. The lowest BCUT2D eigenvalue weighted by Crippen LogP contribution is -2.53. The third-order valence-electron chi connectivity index (χ3n) is 5.64. The van der Waals surface area contributed by atoms with Gasteiger partial charge in [-0.1, -0.05) is 6.92 Å². The summed E-state index contributed by atoms with van der Waals surface area (Å²) in [5.41, 5.74) is 0.263. The molecule has 3 rings (SSSR count). The topological polar surface area (TPSA) is 30.5 Å². The molecular formula is C16H29NO2. The van der Waals surface area contributed by atoms with Crippen LogP contribution < -0.4 is 5.32 Å². The maximum absolute atomic E-state index is 6.09. The number of nitrogens with one attached hydrogen (secondary N) is 1. The van der Waals surface area contributed by atoms with Gasteiger partial charge >= 0.3 is 0 Å². The van der Waals surface area contributed by atoms with Gasteiger partial charge in [-0.05, 0) is 57.9 Å². The van der Waals surface area contributed by atoms with Crippen molar-refractivity contribution in [3.8, 4) is 0 Å². The predicted molar refractivity (Wildman–Crippen MR) is 76.2 cm³/mol. The SMILES string of the molecule is CCNC(C1CCOC2(CCC2)C1)C1CCOC1C. The van der Waals surface area contributed by atoms with Crippen molar-refractivity contribution in [1.82, 2.24) is 5.32 Å². The van der Waals surface area contributed by atoms with Gasteiger partial charge in [0.2, 0.25) is 0 Å². The minimum atomic E-state index is 0.263. The van der Waals surface area contributed by atoms with Crippen molar-refractivity contribution in [1.29, 1.82) is 0 Å². The van der Waals surface area contributed by atoms with Crippen LogP contribution in [0, 0.1) is 11.8 Å². The Bertz CT molecular complexity index is 303. The molecule has 1 N–H and O–H groups in total. The maximum atomic E-state index is 6.09. The predicted octanol–water partition coefficient (Wildman–Crippen LogP) is 2.74. The lowest BCUT2D eigenvalue weighted by Gasteiger charge is -2.49. The minimum absolute atomic E-state index is 0.263. The molecule has 110 valence electrons. The first-order valence-electron chi connectivity index (χ1n) is 8.23. The van der Waals surface area contributed by atoms with E-state index < -0.39 is 0 Å². The lowest BCUT2D eigenvalue weighted by molar-refractivity contribution is -0.149. The summed E-state index contributed by atoms with van der Waals surface area (Å²) in [6, 6.07) is 0.629. The van der Waals surface area contributed by atoms with Crippen LogP contribution in [0.2, 0.25) is 0 Å². The fraction of sp³-hybridized carbons (Fsp3) is 1.00. The Morgan fingerprint density at radius 1 is 1.26 bits per heavy atom. The molecule has 1 saturated carbocycles. The normalized spacial score (nSPS) is 39.2. The van der Waals surface area contributed by atoms with Gasteiger partial charge in [0.25, 0.3) is 0 Å². The van der Waals surface area contributed by atoms with Crippen molar-refractivity contribution in [3.63, 3.8) is 0 Å². The highest BCUT2D eigenvalue weighted by Gasteiger charge is 2.46. The van der Waals surface area contributed by atoms with Crippen molar-refractivity contribution in [2.24, 2.45) is 11.8 Å². The highest BCUT2D eigenvalue weighted by Crippen LogP contribution is 2.46. The van der Waals surface area contributed by atoms with Crippen LogP contribution in [-0.2, 0) is 9.47 Å². The van der Waals surface area contributed by atoms with E-state index >= 15 is 0 Å². The van der Waals surface area contributed by atoms with Gasteiger partial charge in [0, 0.05) is 25.2 Å². The second-order valence-electron chi connectivity index (χ2n) is 6.75. The van der Waals surface area contributed by atoms with Crippen LogP contribution in [0.3, 0.4) is 0 Å². The summed E-state index contributed by atoms with van der Waals surface area (Å²) in [6.45, 7) is 7.46. The van der Waals surface area contributed by atoms with Crippen LogP contribution in [-0.4, -0.2) is 37.5 Å². The van der Waals surface area contributed by atoms with Crippen molar-refractivity contribution < 1.29 is 9.47 Å². The van der Waals surface area contributed by atoms with Crippen LogP contribution in [0.4, 0.5) is 0 Å². The van der Waals surface area contributed by atoms with Crippen molar-refractivity contribution in [2.75, 3.05) is 19.8 Å². The summed E-state index contributed by atoms with van der Waals surface area (Å²) in [5.74, 6) is 1.48. The van der Waals surface area contributed by atoms with Crippen LogP contribution in [0.15, 0.2) is 0 Å². The molecule has 4 unspecified atom stereocenters. The highest BCUT2D eigenvalue weighted by molar-refractivity contribution is 4.99. The van der Waals surface area contributed by atoms with E-state index in [1.54, 1.807) is 0 Å². The molecule has 0 bridgehead atoms. The summed E-state index contributed by atoms with van der Waals surface area (Å²) < 4.78 is 11.9. The zero-order chi connectivity index (χ0) is 13.3. The zero-order valence-corrected chi connectivity index (χ0v) is 12.5. The summed E-state index contributed by atoms with van der Waals surface area (Å²) >= 11 is 0. The van der Waals surface area contributed by atoms with Gasteiger partial charge in [0.15, 0.2) is 0 Å². The lowest BCUT2D eigenvalue weighted by atomic mass is 9.68. The molecular weight excluding hydrogens is 238 g/mol. The van der Waals surface area contributed by atoms with Gasteiger partial charge in [0.1, 0.15) is 0 Å². The van der Waals surface area contributed by atoms with E-state index in [4.69, 9.17) is 9.47 Å². The highest BCUT2D eigenvalue weighted by atomic mass is 16.5. The molecule has 4 atom stereocenters. The number of hydrogen-bond donors (Lipinski definition) is 1. The van der Waals surface area contributed by atoms with E-state index in [1.807, 2.05) is 0 Å². The van der Waals surface area contributed by atoms with E-state index in [0.29, 0.717) is 18.1 Å². The summed E-state index contributed by atoms with van der Waals surface area (Å²) in [4.78, 5) is 0. The van der Waals surface area contributed by atoms with E-state index in [2.05, 4.69) is 19.2 Å². The summed E-state index contributed by atoms with van der Waals surface area (Å²) in [6.07, 6.45) is 8.09. The molecule has 2 aliphatic heterocycles. The van der Waals surface area contributed by atoms with Crippen molar-refractivity contribution in [3.05, 3.63) is 0 Å². The zero-order valence-electron chi connectivity index (χ0n) is 12.5. The van der Waals surface area contributed by atoms with Crippen molar-refractivity contribution in [2.45, 2.75) is 70.1 Å². The molecule has 0 aromatic rings. The van der Waals surface area contributed by atoms with E-state index in [9.17, 15) is 0 Å². The monoisotopic (exact) mass is 267 g/mol. The van der Waals surface area contributed by atoms with E-state index in [1.165, 1.54) is 38.5 Å². The first kappa shape index (κ1) is 13.8. The smallest absolute Gasteiger partial charge is 0.0685 e. The average molecular weight is 267 g/mol. The molecule has 0 aromatic carbocycles. The molecule has 0 aromatic heterocycles. The van der Waals surface area contributed by atoms with Crippen LogP contribution >= 0.6 is 0 Å². The van der Waals surface area contributed by atoms with Gasteiger partial charge in [0.05, 0.1) is 11.7 Å². The van der Waals surface area contributed by atoms with Crippen molar-refractivity contribution >= 4 is 0 Å². The fourth-order valence-electron chi connectivity index (χ4n) is 4.41. The minimum Gasteiger partial charge on any atom is -0.378 e. The molecule has 0 amide bonds. The standard InChI is InChI=1S/C16H29NO2/c1-3-17-15(14-6-9-18-12(14)2)13-5-10-19-16(11-13)7-4-8-16/h12-15,17H,3-11H2,1-2H3. The molecule has 3 aliphatic rings.